The van der Waals surface area contributed by atoms with Gasteiger partial charge < -0.3 is 4.90 Å². The molecule has 0 saturated heterocycles. The van der Waals surface area contributed by atoms with Gasteiger partial charge in [0.2, 0.25) is 5.71 Å². The van der Waals surface area contributed by atoms with Crippen molar-refractivity contribution in [2.75, 3.05) is 31.1 Å². The number of hydrogen-bond acceptors (Lipinski definition) is 1. The first-order valence-corrected chi connectivity index (χ1v) is 12.2. The van der Waals surface area contributed by atoms with E-state index >= 15 is 0 Å². The van der Waals surface area contributed by atoms with Gasteiger partial charge in [-0.25, -0.2) is 4.58 Å². The monoisotopic (exact) mass is 447 g/mol. The van der Waals surface area contributed by atoms with Crippen LogP contribution in [0.4, 0.5) is 5.69 Å². The Labute approximate surface area is 199 Å². The van der Waals surface area contributed by atoms with Gasteiger partial charge in [-0.2, -0.15) is 0 Å². The number of rotatable bonds is 7. The lowest BCUT2D eigenvalue weighted by atomic mass is 9.88. The van der Waals surface area contributed by atoms with Gasteiger partial charge in [0, 0.05) is 41.0 Å². The second-order valence-electron chi connectivity index (χ2n) is 8.20. The summed E-state index contributed by atoms with van der Waals surface area (Å²) in [7, 11) is 0. The number of allylic oxidation sites excluding steroid dienone is 5. The van der Waals surface area contributed by atoms with Gasteiger partial charge in [-0.1, -0.05) is 35.9 Å². The molecule has 0 radical (unpaired) electrons. The zero-order valence-corrected chi connectivity index (χ0v) is 21.1. The predicted octanol–water partition coefficient (Wildman–Crippen LogP) is 7.31. The van der Waals surface area contributed by atoms with Gasteiger partial charge in [0.1, 0.15) is 13.1 Å². The van der Waals surface area contributed by atoms with Crippen molar-refractivity contribution in [3.8, 4) is 0 Å². The van der Waals surface area contributed by atoms with E-state index in [0.29, 0.717) is 0 Å². The van der Waals surface area contributed by atoms with Crippen molar-refractivity contribution >= 4 is 28.6 Å². The van der Waals surface area contributed by atoms with Crippen LogP contribution >= 0.6 is 11.6 Å². The van der Waals surface area contributed by atoms with Crippen LogP contribution in [0.5, 0.6) is 0 Å². The molecule has 2 nitrogen and oxygen atoms in total. The maximum absolute atomic E-state index is 6.71. The maximum atomic E-state index is 6.71. The second-order valence-corrected chi connectivity index (χ2v) is 8.61. The van der Waals surface area contributed by atoms with Crippen LogP contribution in [0, 0.1) is 6.92 Å². The summed E-state index contributed by atoms with van der Waals surface area (Å²) in [5.74, 6) is 0. The van der Waals surface area contributed by atoms with Crippen molar-refractivity contribution < 1.29 is 4.58 Å². The van der Waals surface area contributed by atoms with Crippen molar-refractivity contribution in [2.45, 2.75) is 41.5 Å². The van der Waals surface area contributed by atoms with E-state index in [4.69, 9.17) is 11.6 Å². The average molecular weight is 448 g/mol. The molecule has 1 aliphatic carbocycles. The first kappa shape index (κ1) is 24.1. The molecular formula is C29H36ClN2+. The van der Waals surface area contributed by atoms with Crippen molar-refractivity contribution in [1.82, 2.24) is 0 Å². The molecule has 0 aliphatic heterocycles. The third-order valence-corrected chi connectivity index (χ3v) is 6.65. The topological polar surface area (TPSA) is 6.25 Å². The Hall–Kier alpha value is -2.58. The SMILES string of the molecule is CCN(CC)c1ccc(/C(=C2\C=CC(=[N+](CC)CC)C(C)=C2)c2ccccc2Cl)cc1C. The van der Waals surface area contributed by atoms with Crippen LogP contribution in [0.25, 0.3) is 5.57 Å². The molecule has 0 saturated carbocycles. The molecule has 2 aromatic carbocycles. The Bertz CT molecular complexity index is 1090. The van der Waals surface area contributed by atoms with E-state index in [1.807, 2.05) is 12.1 Å². The summed E-state index contributed by atoms with van der Waals surface area (Å²) in [5, 5.41) is 0.776. The first-order valence-electron chi connectivity index (χ1n) is 11.8. The van der Waals surface area contributed by atoms with E-state index in [9.17, 15) is 0 Å². The van der Waals surface area contributed by atoms with Gasteiger partial charge >= 0.3 is 0 Å². The van der Waals surface area contributed by atoms with Gasteiger partial charge in [0.15, 0.2) is 0 Å². The predicted molar refractivity (Wildman–Crippen MR) is 141 cm³/mol. The van der Waals surface area contributed by atoms with Crippen LogP contribution in [0.15, 0.2) is 71.8 Å². The molecule has 0 spiro atoms. The third-order valence-electron chi connectivity index (χ3n) is 6.32. The van der Waals surface area contributed by atoms with Crippen LogP contribution in [-0.4, -0.2) is 36.5 Å². The molecule has 0 aromatic heterocycles. The van der Waals surface area contributed by atoms with Crippen molar-refractivity contribution in [2.24, 2.45) is 0 Å². The van der Waals surface area contributed by atoms with Crippen molar-refractivity contribution in [1.29, 1.82) is 0 Å². The van der Waals surface area contributed by atoms with Gasteiger partial charge in [-0.15, -0.1) is 0 Å². The number of aryl methyl sites for hydroxylation is 1. The number of nitrogens with zero attached hydrogens (tertiary/aromatic N) is 2. The third kappa shape index (κ3) is 4.91. The summed E-state index contributed by atoms with van der Waals surface area (Å²) in [6.07, 6.45) is 6.80. The standard InChI is InChI=1S/C29H36ClN2/c1-7-31(8-2)27-17-15-23(19-21(27)5)29(25-13-11-12-14-26(25)30)24-16-18-28(22(6)20-24)32(9-3)10-4/h11-20H,7-10H2,1-6H3/q+1. The minimum absolute atomic E-state index is 0.776. The summed E-state index contributed by atoms with van der Waals surface area (Å²) >= 11 is 6.71. The van der Waals surface area contributed by atoms with E-state index < -0.39 is 0 Å². The lowest BCUT2D eigenvalue weighted by molar-refractivity contribution is -0.519. The second kappa shape index (κ2) is 10.8. The summed E-state index contributed by atoms with van der Waals surface area (Å²) < 4.78 is 2.40. The normalized spacial score (nSPS) is 15.0. The Morgan fingerprint density at radius 3 is 2.16 bits per heavy atom. The quantitative estimate of drug-likeness (QED) is 0.403. The smallest absolute Gasteiger partial charge is 0.202 e. The molecule has 32 heavy (non-hydrogen) atoms. The molecule has 3 rings (SSSR count). The lowest BCUT2D eigenvalue weighted by Crippen LogP contribution is -2.22. The van der Waals surface area contributed by atoms with Gasteiger partial charge in [-0.05, 0) is 94.2 Å². The highest BCUT2D eigenvalue weighted by Crippen LogP contribution is 2.36. The van der Waals surface area contributed by atoms with Gasteiger partial charge in [0.25, 0.3) is 0 Å². The summed E-state index contributed by atoms with van der Waals surface area (Å²) in [6, 6.07) is 15.0. The minimum Gasteiger partial charge on any atom is -0.372 e. The highest BCUT2D eigenvalue weighted by Gasteiger charge is 2.20. The molecule has 168 valence electrons. The summed E-state index contributed by atoms with van der Waals surface area (Å²) in [4.78, 5) is 2.40. The van der Waals surface area contributed by atoms with E-state index in [1.165, 1.54) is 39.2 Å². The minimum atomic E-state index is 0.776. The number of hydrogen-bond donors (Lipinski definition) is 0. The average Bonchev–Trinajstić information content (AvgIpc) is 2.79. The molecule has 3 heteroatoms. The lowest BCUT2D eigenvalue weighted by Gasteiger charge is -2.24. The fraction of sp³-hybridized carbons (Fsp3) is 0.345. The zero-order chi connectivity index (χ0) is 23.3. The Balaban J connectivity index is 2.23. The molecular weight excluding hydrogens is 412 g/mol. The van der Waals surface area contributed by atoms with E-state index in [0.717, 1.165) is 36.8 Å². The molecule has 1 aliphatic rings. The largest absolute Gasteiger partial charge is 0.372 e. The molecule has 2 aromatic rings. The van der Waals surface area contributed by atoms with Gasteiger partial charge in [-0.3, -0.25) is 0 Å². The summed E-state index contributed by atoms with van der Waals surface area (Å²) in [5.41, 5.74) is 9.80. The van der Waals surface area contributed by atoms with Crippen LogP contribution in [0.2, 0.25) is 5.02 Å². The fourth-order valence-electron chi connectivity index (χ4n) is 4.60. The first-order chi connectivity index (χ1) is 15.4. The van der Waals surface area contributed by atoms with Crippen LogP contribution in [0.1, 0.15) is 51.3 Å². The molecule has 0 unspecified atom stereocenters. The molecule has 0 heterocycles. The van der Waals surface area contributed by atoms with E-state index in [2.05, 4.69) is 99.6 Å². The van der Waals surface area contributed by atoms with E-state index in [-0.39, 0.29) is 0 Å². The fourth-order valence-corrected chi connectivity index (χ4v) is 4.83. The van der Waals surface area contributed by atoms with Crippen LogP contribution in [-0.2, 0) is 0 Å². The van der Waals surface area contributed by atoms with E-state index in [1.54, 1.807) is 0 Å². The molecule has 0 atom stereocenters. The van der Waals surface area contributed by atoms with Crippen molar-refractivity contribution in [3.05, 3.63) is 93.6 Å². The molecule has 0 fully saturated rings. The zero-order valence-electron chi connectivity index (χ0n) is 20.4. The molecule has 0 bridgehead atoms. The number of benzene rings is 2. The number of anilines is 1. The van der Waals surface area contributed by atoms with Gasteiger partial charge in [0.05, 0.1) is 0 Å². The van der Waals surface area contributed by atoms with Crippen molar-refractivity contribution in [3.63, 3.8) is 0 Å². The molecule has 0 amide bonds. The highest BCUT2D eigenvalue weighted by atomic mass is 35.5. The van der Waals surface area contributed by atoms with Crippen LogP contribution < -0.4 is 4.90 Å². The Kier molecular flexibility index (Phi) is 8.15. The Morgan fingerprint density at radius 1 is 0.906 bits per heavy atom. The number of halogens is 1. The Morgan fingerprint density at radius 2 is 1.59 bits per heavy atom. The maximum Gasteiger partial charge on any atom is 0.202 e. The van der Waals surface area contributed by atoms with Crippen LogP contribution in [0.3, 0.4) is 0 Å². The summed E-state index contributed by atoms with van der Waals surface area (Å²) in [6.45, 7) is 17.3. The molecule has 0 N–H and O–H groups in total. The highest BCUT2D eigenvalue weighted by molar-refractivity contribution is 6.32.